The fourth-order valence-electron chi connectivity index (χ4n) is 3.31. The van der Waals surface area contributed by atoms with Gasteiger partial charge >= 0.3 is 0 Å². The smallest absolute Gasteiger partial charge is 0.200 e. The Morgan fingerprint density at radius 1 is 1.03 bits per heavy atom. The molecule has 4 aromatic rings. The van der Waals surface area contributed by atoms with E-state index in [9.17, 15) is 4.79 Å². The van der Waals surface area contributed by atoms with Gasteiger partial charge < -0.3 is 13.9 Å². The second kappa shape index (κ2) is 9.74. The standard InChI is InChI=1S/C24H23N3O4S/c1-16(22(28)18-11-12-19(29-2)21(14-18)30-3)32-24-26-25-23(20-10-7-13-31-20)27(24)15-17-8-5-4-6-9-17/h4-14,16H,15H2,1-3H3. The highest BCUT2D eigenvalue weighted by Crippen LogP contribution is 2.32. The Kier molecular flexibility index (Phi) is 6.61. The Labute approximate surface area is 190 Å². The van der Waals surface area contributed by atoms with E-state index in [2.05, 4.69) is 10.2 Å². The highest BCUT2D eigenvalue weighted by Gasteiger charge is 2.23. The zero-order chi connectivity index (χ0) is 22.5. The molecule has 0 amide bonds. The molecular weight excluding hydrogens is 426 g/mol. The van der Waals surface area contributed by atoms with Crippen LogP contribution in [0.25, 0.3) is 11.6 Å². The van der Waals surface area contributed by atoms with E-state index in [0.717, 1.165) is 5.56 Å². The molecule has 4 rings (SSSR count). The molecule has 2 aromatic carbocycles. The molecule has 0 aliphatic heterocycles. The Balaban J connectivity index is 1.61. The molecule has 1 unspecified atom stereocenters. The van der Waals surface area contributed by atoms with E-state index >= 15 is 0 Å². The number of methoxy groups -OCH3 is 2. The summed E-state index contributed by atoms with van der Waals surface area (Å²) in [6, 6.07) is 18.9. The number of rotatable bonds is 9. The van der Waals surface area contributed by atoms with E-state index in [4.69, 9.17) is 13.9 Å². The van der Waals surface area contributed by atoms with Crippen LogP contribution >= 0.6 is 11.8 Å². The zero-order valence-electron chi connectivity index (χ0n) is 18.0. The Hall–Kier alpha value is -3.52. The molecular formula is C24H23N3O4S. The summed E-state index contributed by atoms with van der Waals surface area (Å²) in [4.78, 5) is 13.1. The second-order valence-electron chi connectivity index (χ2n) is 7.05. The summed E-state index contributed by atoms with van der Waals surface area (Å²) >= 11 is 1.36. The fraction of sp³-hybridized carbons (Fsp3) is 0.208. The Bertz CT molecular complexity index is 1190. The molecule has 0 spiro atoms. The van der Waals surface area contributed by atoms with Crippen molar-refractivity contribution in [1.29, 1.82) is 0 Å². The third-order valence-electron chi connectivity index (χ3n) is 4.96. The molecule has 164 valence electrons. The molecule has 2 heterocycles. The van der Waals surface area contributed by atoms with Crippen molar-refractivity contribution in [2.45, 2.75) is 23.9 Å². The van der Waals surface area contributed by atoms with Gasteiger partial charge in [-0.3, -0.25) is 9.36 Å². The van der Waals surface area contributed by atoms with Gasteiger partial charge in [-0.1, -0.05) is 42.1 Å². The first-order valence-corrected chi connectivity index (χ1v) is 10.9. The van der Waals surface area contributed by atoms with E-state index in [0.29, 0.717) is 40.3 Å². The molecule has 0 saturated heterocycles. The van der Waals surface area contributed by atoms with Crippen LogP contribution in [0.3, 0.4) is 0 Å². The van der Waals surface area contributed by atoms with Crippen LogP contribution in [0, 0.1) is 0 Å². The molecule has 0 aliphatic carbocycles. The molecule has 0 saturated carbocycles. The van der Waals surface area contributed by atoms with Crippen LogP contribution in [0.2, 0.25) is 0 Å². The minimum atomic E-state index is -0.392. The maximum Gasteiger partial charge on any atom is 0.200 e. The molecule has 0 radical (unpaired) electrons. The van der Waals surface area contributed by atoms with Crippen molar-refractivity contribution < 1.29 is 18.7 Å². The van der Waals surface area contributed by atoms with E-state index in [1.807, 2.05) is 54.0 Å². The highest BCUT2D eigenvalue weighted by molar-refractivity contribution is 8.00. The van der Waals surface area contributed by atoms with Crippen molar-refractivity contribution in [3.8, 4) is 23.1 Å². The van der Waals surface area contributed by atoms with E-state index in [1.54, 1.807) is 38.7 Å². The molecule has 2 aromatic heterocycles. The number of carbonyl (C=O) groups is 1. The van der Waals surface area contributed by atoms with E-state index < -0.39 is 5.25 Å². The van der Waals surface area contributed by atoms with Gasteiger partial charge in [-0.2, -0.15) is 0 Å². The number of carbonyl (C=O) groups excluding carboxylic acids is 1. The first-order valence-electron chi connectivity index (χ1n) is 10.0. The van der Waals surface area contributed by atoms with Crippen molar-refractivity contribution in [3.63, 3.8) is 0 Å². The lowest BCUT2D eigenvalue weighted by Gasteiger charge is -2.14. The van der Waals surface area contributed by atoms with Crippen molar-refractivity contribution in [1.82, 2.24) is 14.8 Å². The maximum atomic E-state index is 13.1. The van der Waals surface area contributed by atoms with Crippen LogP contribution in [-0.2, 0) is 6.54 Å². The molecule has 0 fully saturated rings. The monoisotopic (exact) mass is 449 g/mol. The Morgan fingerprint density at radius 2 is 1.81 bits per heavy atom. The fourth-order valence-corrected chi connectivity index (χ4v) is 4.23. The molecule has 8 heteroatoms. The van der Waals surface area contributed by atoms with Gasteiger partial charge in [0.1, 0.15) is 0 Å². The van der Waals surface area contributed by atoms with Gasteiger partial charge in [0.15, 0.2) is 28.2 Å². The number of aromatic nitrogens is 3. The summed E-state index contributed by atoms with van der Waals surface area (Å²) in [5.74, 6) is 2.30. The number of ketones is 1. The van der Waals surface area contributed by atoms with Gasteiger partial charge in [-0.05, 0) is 42.8 Å². The lowest BCUT2D eigenvalue weighted by Crippen LogP contribution is -2.15. The topological polar surface area (TPSA) is 79.4 Å². The van der Waals surface area contributed by atoms with Crippen LogP contribution < -0.4 is 9.47 Å². The summed E-state index contributed by atoms with van der Waals surface area (Å²) in [7, 11) is 3.11. The third-order valence-corrected chi connectivity index (χ3v) is 6.04. The van der Waals surface area contributed by atoms with Crippen molar-refractivity contribution in [3.05, 3.63) is 78.1 Å². The number of furan rings is 1. The predicted octanol–water partition coefficient (Wildman–Crippen LogP) is 4.97. The number of nitrogens with zero attached hydrogens (tertiary/aromatic N) is 3. The molecule has 7 nitrogen and oxygen atoms in total. The largest absolute Gasteiger partial charge is 0.493 e. The summed E-state index contributed by atoms with van der Waals surface area (Å²) < 4.78 is 18.1. The number of hydrogen-bond acceptors (Lipinski definition) is 7. The van der Waals surface area contributed by atoms with Crippen molar-refractivity contribution in [2.24, 2.45) is 0 Å². The summed E-state index contributed by atoms with van der Waals surface area (Å²) in [5.41, 5.74) is 1.64. The molecule has 0 aliphatic rings. The van der Waals surface area contributed by atoms with Gasteiger partial charge in [0.05, 0.1) is 32.3 Å². The SMILES string of the molecule is COc1ccc(C(=O)C(C)Sc2nnc(-c3ccco3)n2Cc2ccccc2)cc1OC. The number of thioether (sulfide) groups is 1. The second-order valence-corrected chi connectivity index (χ2v) is 8.36. The summed E-state index contributed by atoms with van der Waals surface area (Å²) in [6.45, 7) is 2.42. The predicted molar refractivity (Wildman–Crippen MR) is 122 cm³/mol. The quantitative estimate of drug-likeness (QED) is 0.264. The molecule has 32 heavy (non-hydrogen) atoms. The van der Waals surface area contributed by atoms with Gasteiger partial charge in [-0.15, -0.1) is 10.2 Å². The maximum absolute atomic E-state index is 13.1. The van der Waals surface area contributed by atoms with Crippen LogP contribution in [0.15, 0.2) is 76.5 Å². The van der Waals surface area contributed by atoms with Crippen LogP contribution in [0.4, 0.5) is 0 Å². The zero-order valence-corrected chi connectivity index (χ0v) is 18.8. The van der Waals surface area contributed by atoms with Crippen molar-refractivity contribution in [2.75, 3.05) is 14.2 Å². The van der Waals surface area contributed by atoms with Gasteiger partial charge in [0.25, 0.3) is 0 Å². The number of ether oxygens (including phenoxy) is 2. The van der Waals surface area contributed by atoms with E-state index in [-0.39, 0.29) is 5.78 Å². The van der Waals surface area contributed by atoms with Gasteiger partial charge in [0.2, 0.25) is 5.82 Å². The van der Waals surface area contributed by atoms with Crippen LogP contribution in [0.5, 0.6) is 11.5 Å². The minimum Gasteiger partial charge on any atom is -0.493 e. The summed E-state index contributed by atoms with van der Waals surface area (Å²) in [5, 5.41) is 8.95. The lowest BCUT2D eigenvalue weighted by atomic mass is 10.1. The lowest BCUT2D eigenvalue weighted by molar-refractivity contribution is 0.0993. The van der Waals surface area contributed by atoms with Gasteiger partial charge in [-0.25, -0.2) is 0 Å². The first-order chi connectivity index (χ1) is 15.6. The average molecular weight is 450 g/mol. The number of hydrogen-bond donors (Lipinski definition) is 0. The van der Waals surface area contributed by atoms with Crippen LogP contribution in [-0.4, -0.2) is 40.0 Å². The van der Waals surface area contributed by atoms with E-state index in [1.165, 1.54) is 11.8 Å². The molecule has 0 bridgehead atoms. The van der Waals surface area contributed by atoms with Crippen molar-refractivity contribution >= 4 is 17.5 Å². The summed E-state index contributed by atoms with van der Waals surface area (Å²) in [6.07, 6.45) is 1.60. The third kappa shape index (κ3) is 4.55. The molecule has 1 atom stereocenters. The minimum absolute atomic E-state index is 0.0373. The number of benzene rings is 2. The first kappa shape index (κ1) is 21.7. The highest BCUT2D eigenvalue weighted by atomic mass is 32.2. The Morgan fingerprint density at radius 3 is 2.50 bits per heavy atom. The number of Topliss-reactive ketones (excluding diaryl/α,β-unsaturated/α-hetero) is 1. The molecule has 0 N–H and O–H groups in total. The van der Waals surface area contributed by atoms with Crippen LogP contribution in [0.1, 0.15) is 22.8 Å². The van der Waals surface area contributed by atoms with Gasteiger partial charge in [0, 0.05) is 5.56 Å². The normalized spacial score (nSPS) is 11.8. The average Bonchev–Trinajstić information content (AvgIpc) is 3.49.